The number of thiophene rings is 1. The maximum absolute atomic E-state index is 13.3. The van der Waals surface area contributed by atoms with Crippen molar-refractivity contribution in [2.45, 2.75) is 0 Å². The highest BCUT2D eigenvalue weighted by Gasteiger charge is 2.14. The van der Waals surface area contributed by atoms with Crippen LogP contribution in [0, 0.1) is 5.82 Å². The lowest BCUT2D eigenvalue weighted by molar-refractivity contribution is 0.626. The number of benzene rings is 2. The molecule has 4 aromatic rings. The predicted molar refractivity (Wildman–Crippen MR) is 74.1 cm³/mol. The highest BCUT2D eigenvalue weighted by molar-refractivity contribution is 7.26. The van der Waals surface area contributed by atoms with Gasteiger partial charge < -0.3 is 4.42 Å². The van der Waals surface area contributed by atoms with Gasteiger partial charge in [-0.05, 0) is 36.4 Å². The average molecular weight is 277 g/mol. The second-order valence-corrected chi connectivity index (χ2v) is 5.63. The fraction of sp³-hybridized carbons (Fsp3) is 0. The van der Waals surface area contributed by atoms with Crippen molar-refractivity contribution in [2.75, 3.05) is 0 Å². The molecular weight excluding hydrogens is 271 g/mol. The van der Waals surface area contributed by atoms with Gasteiger partial charge in [-0.1, -0.05) is 11.6 Å². The van der Waals surface area contributed by atoms with Gasteiger partial charge in [0.15, 0.2) is 5.58 Å². The van der Waals surface area contributed by atoms with Crippen LogP contribution in [0.25, 0.3) is 31.3 Å². The molecule has 0 saturated carbocycles. The van der Waals surface area contributed by atoms with Gasteiger partial charge in [-0.2, -0.15) is 0 Å². The van der Waals surface area contributed by atoms with Gasteiger partial charge in [-0.3, -0.25) is 0 Å². The molecule has 0 spiro atoms. The van der Waals surface area contributed by atoms with Gasteiger partial charge in [0.05, 0.1) is 4.70 Å². The van der Waals surface area contributed by atoms with Crippen molar-refractivity contribution in [3.63, 3.8) is 0 Å². The van der Waals surface area contributed by atoms with E-state index in [0.29, 0.717) is 10.6 Å². The fourth-order valence-electron chi connectivity index (χ4n) is 2.20. The Bertz CT molecular complexity index is 830. The first kappa shape index (κ1) is 10.4. The predicted octanol–water partition coefficient (Wildman–Crippen LogP) is 5.59. The zero-order valence-electron chi connectivity index (χ0n) is 9.04. The highest BCUT2D eigenvalue weighted by atomic mass is 35.5. The number of hydrogen-bond acceptors (Lipinski definition) is 2. The zero-order valence-corrected chi connectivity index (χ0v) is 10.6. The Morgan fingerprint density at radius 2 is 1.94 bits per heavy atom. The summed E-state index contributed by atoms with van der Waals surface area (Å²) in [6.45, 7) is 0. The summed E-state index contributed by atoms with van der Waals surface area (Å²) in [6, 6.07) is 10.3. The van der Waals surface area contributed by atoms with E-state index in [4.69, 9.17) is 16.0 Å². The monoisotopic (exact) mass is 276 g/mol. The molecule has 0 aliphatic carbocycles. The summed E-state index contributed by atoms with van der Waals surface area (Å²) in [7, 11) is 0. The number of furan rings is 1. The van der Waals surface area contributed by atoms with Gasteiger partial charge in [0.2, 0.25) is 0 Å². The summed E-state index contributed by atoms with van der Waals surface area (Å²) in [5, 5.41) is 2.48. The third kappa shape index (κ3) is 1.32. The van der Waals surface area contributed by atoms with Crippen LogP contribution in [0.4, 0.5) is 4.39 Å². The average Bonchev–Trinajstić information content (AvgIpc) is 2.86. The van der Waals surface area contributed by atoms with Crippen molar-refractivity contribution in [3.05, 3.63) is 47.2 Å². The first-order valence-corrected chi connectivity index (χ1v) is 6.61. The first-order valence-electron chi connectivity index (χ1n) is 5.42. The van der Waals surface area contributed by atoms with E-state index >= 15 is 0 Å². The molecule has 1 nitrogen and oxygen atoms in total. The van der Waals surface area contributed by atoms with Crippen molar-refractivity contribution in [2.24, 2.45) is 0 Å². The molecule has 2 aromatic carbocycles. The minimum absolute atomic E-state index is 0.249. The van der Waals surface area contributed by atoms with E-state index in [0.717, 1.165) is 25.8 Å². The lowest BCUT2D eigenvalue weighted by Gasteiger charge is -1.91. The molecule has 0 atom stereocenters. The van der Waals surface area contributed by atoms with Crippen molar-refractivity contribution >= 4 is 54.3 Å². The van der Waals surface area contributed by atoms with Gasteiger partial charge in [-0.25, -0.2) is 4.39 Å². The summed E-state index contributed by atoms with van der Waals surface area (Å²) >= 11 is 7.60. The first-order chi connectivity index (χ1) is 8.72. The topological polar surface area (TPSA) is 13.1 Å². The lowest BCUT2D eigenvalue weighted by Crippen LogP contribution is -1.69. The molecule has 0 aliphatic heterocycles. The number of halogens is 2. The van der Waals surface area contributed by atoms with Gasteiger partial charge >= 0.3 is 0 Å². The fourth-order valence-corrected chi connectivity index (χ4v) is 3.51. The van der Waals surface area contributed by atoms with Crippen molar-refractivity contribution in [3.8, 4) is 0 Å². The second kappa shape index (κ2) is 3.46. The molecule has 0 N–H and O–H groups in total. The number of rotatable bonds is 0. The van der Waals surface area contributed by atoms with E-state index in [1.807, 2.05) is 18.2 Å². The van der Waals surface area contributed by atoms with Crippen LogP contribution in [0.15, 0.2) is 40.8 Å². The van der Waals surface area contributed by atoms with Crippen LogP contribution in [-0.2, 0) is 0 Å². The molecule has 0 unspecified atom stereocenters. The Morgan fingerprint density at radius 1 is 1.06 bits per heavy atom. The molecular formula is C14H6ClFOS. The smallest absolute Gasteiger partial charge is 0.154 e. The normalized spacial score (nSPS) is 11.9. The molecule has 0 aliphatic rings. The van der Waals surface area contributed by atoms with E-state index in [1.54, 1.807) is 17.4 Å². The summed E-state index contributed by atoms with van der Waals surface area (Å²) in [6.07, 6.45) is 0. The molecule has 4 rings (SSSR count). The lowest BCUT2D eigenvalue weighted by atomic mass is 10.2. The van der Waals surface area contributed by atoms with Crippen LogP contribution in [0.5, 0.6) is 0 Å². The molecule has 0 amide bonds. The number of fused-ring (bicyclic) bond motifs is 5. The van der Waals surface area contributed by atoms with E-state index in [2.05, 4.69) is 0 Å². The molecule has 88 valence electrons. The molecule has 18 heavy (non-hydrogen) atoms. The Morgan fingerprint density at radius 3 is 2.83 bits per heavy atom. The van der Waals surface area contributed by atoms with Gasteiger partial charge in [0.25, 0.3) is 0 Å². The third-order valence-corrected chi connectivity index (χ3v) is 4.42. The molecule has 0 saturated heterocycles. The quantitative estimate of drug-likeness (QED) is 0.408. The molecule has 0 bridgehead atoms. The van der Waals surface area contributed by atoms with Crippen molar-refractivity contribution < 1.29 is 8.81 Å². The Kier molecular flexibility index (Phi) is 1.99. The Balaban J connectivity index is 2.26. The highest BCUT2D eigenvalue weighted by Crippen LogP contribution is 2.41. The van der Waals surface area contributed by atoms with E-state index < -0.39 is 0 Å². The van der Waals surface area contributed by atoms with Crippen LogP contribution >= 0.6 is 22.9 Å². The van der Waals surface area contributed by atoms with E-state index in [-0.39, 0.29) is 5.82 Å². The standard InChI is InChI=1S/C14H6ClFOS/c15-7-1-4-12-10(5-7)13-14(18-12)9-6-8(16)2-3-11(9)17-13/h1-6H. The second-order valence-electron chi connectivity index (χ2n) is 4.14. The summed E-state index contributed by atoms with van der Waals surface area (Å²) in [4.78, 5) is 0. The van der Waals surface area contributed by atoms with Crippen molar-refractivity contribution in [1.29, 1.82) is 0 Å². The third-order valence-electron chi connectivity index (χ3n) is 3.00. The summed E-state index contributed by atoms with van der Waals surface area (Å²) in [5.41, 5.74) is 1.50. The van der Waals surface area contributed by atoms with Crippen LogP contribution in [-0.4, -0.2) is 0 Å². The Hall–Kier alpha value is -1.58. The van der Waals surface area contributed by atoms with E-state index in [9.17, 15) is 4.39 Å². The summed E-state index contributed by atoms with van der Waals surface area (Å²) in [5.74, 6) is -0.249. The van der Waals surface area contributed by atoms with E-state index in [1.165, 1.54) is 12.1 Å². The van der Waals surface area contributed by atoms with Crippen LogP contribution in [0.2, 0.25) is 5.02 Å². The van der Waals surface area contributed by atoms with Crippen LogP contribution < -0.4 is 0 Å². The zero-order chi connectivity index (χ0) is 12.3. The molecule has 0 fully saturated rings. The van der Waals surface area contributed by atoms with Crippen molar-refractivity contribution in [1.82, 2.24) is 0 Å². The maximum Gasteiger partial charge on any atom is 0.154 e. The minimum atomic E-state index is -0.249. The van der Waals surface area contributed by atoms with Crippen LogP contribution in [0.1, 0.15) is 0 Å². The molecule has 0 radical (unpaired) electrons. The molecule has 2 aromatic heterocycles. The largest absolute Gasteiger partial charge is 0.454 e. The van der Waals surface area contributed by atoms with Gasteiger partial charge in [0.1, 0.15) is 11.4 Å². The van der Waals surface area contributed by atoms with Crippen LogP contribution in [0.3, 0.4) is 0 Å². The van der Waals surface area contributed by atoms with Gasteiger partial charge in [-0.15, -0.1) is 11.3 Å². The molecule has 4 heteroatoms. The maximum atomic E-state index is 13.3. The summed E-state index contributed by atoms with van der Waals surface area (Å²) < 4.78 is 21.2. The number of hydrogen-bond donors (Lipinski definition) is 0. The minimum Gasteiger partial charge on any atom is -0.454 e. The Labute approximate surface area is 110 Å². The molecule has 2 heterocycles. The van der Waals surface area contributed by atoms with Gasteiger partial charge in [0, 0.05) is 20.5 Å². The SMILES string of the molecule is Fc1ccc2oc3c4cc(Cl)ccc4sc3c2c1.